The van der Waals surface area contributed by atoms with E-state index < -0.39 is 11.3 Å². The highest BCUT2D eigenvalue weighted by molar-refractivity contribution is 6.64. The lowest BCUT2D eigenvalue weighted by molar-refractivity contribution is -0.127. The summed E-state index contributed by atoms with van der Waals surface area (Å²) in [5, 5.41) is 1.92. The largest absolute Gasteiger partial charge is 0.345 e. The summed E-state index contributed by atoms with van der Waals surface area (Å²) in [5.74, 6) is -0.278. The molecule has 0 fully saturated rings. The van der Waals surface area contributed by atoms with E-state index in [1.54, 1.807) is 20.8 Å². The summed E-state index contributed by atoms with van der Waals surface area (Å²) in [5.41, 5.74) is 0. The Morgan fingerprint density at radius 1 is 1.27 bits per heavy atom. The van der Waals surface area contributed by atoms with E-state index in [-0.39, 0.29) is 11.8 Å². The first-order valence-corrected chi connectivity index (χ1v) is 3.82. The van der Waals surface area contributed by atoms with E-state index >= 15 is 0 Å². The molecule has 0 aliphatic heterocycles. The minimum atomic E-state index is -0.591. The van der Waals surface area contributed by atoms with E-state index in [0.717, 1.165) is 0 Å². The summed E-state index contributed by atoms with van der Waals surface area (Å²) in [6.45, 7) is 5.05. The molecule has 3 nitrogen and oxygen atoms in total. The maximum Gasteiger partial charge on any atom is 0.243 e. The van der Waals surface area contributed by atoms with Crippen LogP contribution in [0.4, 0.5) is 0 Å². The quantitative estimate of drug-likeness (QED) is 0.652. The molecule has 0 saturated carbocycles. The van der Waals surface area contributed by atoms with Gasteiger partial charge in [0, 0.05) is 5.92 Å². The number of rotatable bonds is 3. The summed E-state index contributed by atoms with van der Waals surface area (Å²) >= 11 is 5.12. The van der Waals surface area contributed by atoms with E-state index in [0.29, 0.717) is 0 Å². The smallest absolute Gasteiger partial charge is 0.243 e. The van der Waals surface area contributed by atoms with Crippen molar-refractivity contribution in [1.82, 2.24) is 5.32 Å². The number of hydrogen-bond donors (Lipinski definition) is 1. The van der Waals surface area contributed by atoms with Crippen molar-refractivity contribution in [3.8, 4) is 0 Å². The van der Waals surface area contributed by atoms with Crippen molar-refractivity contribution in [3.63, 3.8) is 0 Å². The zero-order valence-electron chi connectivity index (χ0n) is 6.85. The third-order valence-corrected chi connectivity index (χ3v) is 1.55. The minimum absolute atomic E-state index is 0.117. The molecule has 1 unspecified atom stereocenters. The molecule has 0 radical (unpaired) electrons. The average Bonchev–Trinajstić information content (AvgIpc) is 1.87. The zero-order valence-corrected chi connectivity index (χ0v) is 7.61. The molecule has 0 aliphatic carbocycles. The number of amides is 1. The second-order valence-corrected chi connectivity index (χ2v) is 3.06. The first kappa shape index (κ1) is 10.4. The Bertz CT molecular complexity index is 168. The predicted octanol–water partition coefficient (Wildman–Crippen LogP) is 0.912. The molecule has 0 bridgehead atoms. The standard InChI is InChI=1S/C7H12ClNO2/c1-4(2)7(11)9-5(3)6(8)10/h4-5H,1-3H3,(H,9,11). The summed E-state index contributed by atoms with van der Waals surface area (Å²) in [7, 11) is 0. The van der Waals surface area contributed by atoms with Gasteiger partial charge in [-0.2, -0.15) is 0 Å². The molecule has 64 valence electrons. The molecule has 1 amide bonds. The van der Waals surface area contributed by atoms with Gasteiger partial charge in [-0.05, 0) is 18.5 Å². The molecule has 1 N–H and O–H groups in total. The fraction of sp³-hybridized carbons (Fsp3) is 0.714. The van der Waals surface area contributed by atoms with Crippen LogP contribution in [0.3, 0.4) is 0 Å². The number of hydrogen-bond acceptors (Lipinski definition) is 2. The van der Waals surface area contributed by atoms with Gasteiger partial charge in [0.2, 0.25) is 11.1 Å². The van der Waals surface area contributed by atoms with Crippen molar-refractivity contribution in [3.05, 3.63) is 0 Å². The van der Waals surface area contributed by atoms with E-state index in [9.17, 15) is 9.59 Å². The molecule has 1 atom stereocenters. The van der Waals surface area contributed by atoms with Crippen molar-refractivity contribution in [2.75, 3.05) is 0 Å². The average molecular weight is 178 g/mol. The Morgan fingerprint density at radius 3 is 2.00 bits per heavy atom. The Hall–Kier alpha value is -0.570. The number of carbonyl (C=O) groups excluding carboxylic acids is 2. The van der Waals surface area contributed by atoms with Gasteiger partial charge in [-0.25, -0.2) is 0 Å². The van der Waals surface area contributed by atoms with Gasteiger partial charge in [0.15, 0.2) is 0 Å². The van der Waals surface area contributed by atoms with Gasteiger partial charge in [0.05, 0.1) is 0 Å². The molecule has 0 aromatic rings. The van der Waals surface area contributed by atoms with E-state index in [4.69, 9.17) is 11.6 Å². The molecule has 0 spiro atoms. The van der Waals surface area contributed by atoms with E-state index in [1.165, 1.54) is 0 Å². The second-order valence-electron chi connectivity index (χ2n) is 2.69. The summed E-state index contributed by atoms with van der Waals surface area (Å²) in [6.07, 6.45) is 0. The monoisotopic (exact) mass is 177 g/mol. The molecule has 0 aromatic carbocycles. The molecule has 0 rings (SSSR count). The number of carbonyl (C=O) groups is 2. The molecule has 0 heterocycles. The van der Waals surface area contributed by atoms with Crippen molar-refractivity contribution < 1.29 is 9.59 Å². The third-order valence-electron chi connectivity index (χ3n) is 1.22. The van der Waals surface area contributed by atoms with E-state index in [1.807, 2.05) is 0 Å². The highest BCUT2D eigenvalue weighted by atomic mass is 35.5. The molecular weight excluding hydrogens is 166 g/mol. The van der Waals surface area contributed by atoms with Crippen molar-refractivity contribution in [2.45, 2.75) is 26.8 Å². The summed E-state index contributed by atoms with van der Waals surface area (Å²) in [4.78, 5) is 21.4. The molecule has 4 heteroatoms. The first-order chi connectivity index (χ1) is 4.95. The van der Waals surface area contributed by atoms with Gasteiger partial charge in [-0.3, -0.25) is 9.59 Å². The van der Waals surface area contributed by atoms with Gasteiger partial charge >= 0.3 is 0 Å². The fourth-order valence-electron chi connectivity index (χ4n) is 0.437. The SMILES string of the molecule is CC(C)C(=O)NC(C)C(=O)Cl. The van der Waals surface area contributed by atoms with Gasteiger partial charge in [0.25, 0.3) is 0 Å². The molecule has 0 aliphatic rings. The summed E-state index contributed by atoms with van der Waals surface area (Å²) in [6, 6.07) is -0.591. The third kappa shape index (κ3) is 3.98. The van der Waals surface area contributed by atoms with Crippen LogP contribution in [0.15, 0.2) is 0 Å². The van der Waals surface area contributed by atoms with Crippen LogP contribution < -0.4 is 5.32 Å². The topological polar surface area (TPSA) is 46.2 Å². The normalized spacial score (nSPS) is 12.8. The van der Waals surface area contributed by atoms with Crippen LogP contribution in [0.5, 0.6) is 0 Å². The zero-order chi connectivity index (χ0) is 9.02. The Morgan fingerprint density at radius 2 is 1.73 bits per heavy atom. The van der Waals surface area contributed by atoms with Crippen LogP contribution in [0.25, 0.3) is 0 Å². The first-order valence-electron chi connectivity index (χ1n) is 3.45. The molecule has 11 heavy (non-hydrogen) atoms. The molecular formula is C7H12ClNO2. The van der Waals surface area contributed by atoms with Crippen LogP contribution in [0, 0.1) is 5.92 Å². The van der Waals surface area contributed by atoms with Gasteiger partial charge < -0.3 is 5.32 Å². The van der Waals surface area contributed by atoms with Crippen molar-refractivity contribution in [2.24, 2.45) is 5.92 Å². The van der Waals surface area contributed by atoms with Crippen molar-refractivity contribution in [1.29, 1.82) is 0 Å². The molecule has 0 saturated heterocycles. The fourth-order valence-corrected chi connectivity index (χ4v) is 0.491. The molecule has 0 aromatic heterocycles. The lowest BCUT2D eigenvalue weighted by atomic mass is 10.2. The van der Waals surface area contributed by atoms with Gasteiger partial charge in [-0.1, -0.05) is 13.8 Å². The Labute approximate surface area is 71.1 Å². The lowest BCUT2D eigenvalue weighted by Crippen LogP contribution is -2.38. The summed E-state index contributed by atoms with van der Waals surface area (Å²) < 4.78 is 0. The highest BCUT2D eigenvalue weighted by Crippen LogP contribution is 1.95. The lowest BCUT2D eigenvalue weighted by Gasteiger charge is -2.10. The van der Waals surface area contributed by atoms with Crippen molar-refractivity contribution >= 4 is 22.8 Å². The Kier molecular flexibility index (Phi) is 4.11. The van der Waals surface area contributed by atoms with E-state index in [2.05, 4.69) is 5.32 Å². The Balaban J connectivity index is 3.85. The van der Waals surface area contributed by atoms with Crippen LogP contribution in [-0.4, -0.2) is 17.2 Å². The number of nitrogens with one attached hydrogen (secondary N) is 1. The maximum atomic E-state index is 10.9. The number of halogens is 1. The van der Waals surface area contributed by atoms with Gasteiger partial charge in [0.1, 0.15) is 6.04 Å². The predicted molar refractivity (Wildman–Crippen MR) is 43.3 cm³/mol. The van der Waals surface area contributed by atoms with Crippen LogP contribution in [0.2, 0.25) is 0 Å². The van der Waals surface area contributed by atoms with Crippen LogP contribution in [-0.2, 0) is 9.59 Å². The minimum Gasteiger partial charge on any atom is -0.345 e. The maximum absolute atomic E-state index is 10.9. The van der Waals surface area contributed by atoms with Crippen LogP contribution in [0.1, 0.15) is 20.8 Å². The second kappa shape index (κ2) is 4.34. The van der Waals surface area contributed by atoms with Crippen LogP contribution >= 0.6 is 11.6 Å². The van der Waals surface area contributed by atoms with Gasteiger partial charge in [-0.15, -0.1) is 0 Å². The highest BCUT2D eigenvalue weighted by Gasteiger charge is 2.14.